The summed E-state index contributed by atoms with van der Waals surface area (Å²) in [6.07, 6.45) is 0. The van der Waals surface area contributed by atoms with Crippen LogP contribution in [0.4, 0.5) is 5.69 Å². The van der Waals surface area contributed by atoms with Gasteiger partial charge in [0.05, 0.1) is 26.9 Å². The second kappa shape index (κ2) is 7.47. The van der Waals surface area contributed by atoms with E-state index >= 15 is 0 Å². The van der Waals surface area contributed by atoms with E-state index in [4.69, 9.17) is 39.5 Å². The highest BCUT2D eigenvalue weighted by molar-refractivity contribution is 6.44. The van der Waals surface area contributed by atoms with Gasteiger partial charge in [-0.1, -0.05) is 46.9 Å². The zero-order valence-electron chi connectivity index (χ0n) is 14.3. The van der Waals surface area contributed by atoms with Crippen molar-refractivity contribution < 1.29 is 14.3 Å². The van der Waals surface area contributed by atoms with Gasteiger partial charge in [0.2, 0.25) is 0 Å². The molecule has 1 heterocycles. The molecule has 3 aromatic carbocycles. The van der Waals surface area contributed by atoms with E-state index in [1.807, 2.05) is 0 Å². The van der Waals surface area contributed by atoms with Crippen LogP contribution in [-0.4, -0.2) is 11.8 Å². The highest BCUT2D eigenvalue weighted by Crippen LogP contribution is 2.33. The van der Waals surface area contributed by atoms with Crippen molar-refractivity contribution in [3.8, 4) is 5.75 Å². The third kappa shape index (κ3) is 3.24. The summed E-state index contributed by atoms with van der Waals surface area (Å²) < 4.78 is 5.73. The molecular formula is C21H12Cl3NO3. The van der Waals surface area contributed by atoms with Gasteiger partial charge in [-0.05, 0) is 48.5 Å². The number of imide groups is 1. The maximum atomic E-state index is 12.5. The van der Waals surface area contributed by atoms with Gasteiger partial charge in [-0.15, -0.1) is 0 Å². The molecule has 1 aliphatic rings. The fourth-order valence-electron chi connectivity index (χ4n) is 2.97. The summed E-state index contributed by atoms with van der Waals surface area (Å²) in [6, 6.07) is 16.7. The minimum absolute atomic E-state index is 0.130. The Hall–Kier alpha value is -2.53. The summed E-state index contributed by atoms with van der Waals surface area (Å²) in [6.45, 7) is 0.130. The quantitative estimate of drug-likeness (QED) is 0.374. The molecule has 1 aliphatic heterocycles. The fourth-order valence-corrected chi connectivity index (χ4v) is 3.63. The van der Waals surface area contributed by atoms with Crippen molar-refractivity contribution in [1.82, 2.24) is 0 Å². The predicted octanol–water partition coefficient (Wildman–Crippen LogP) is 6.03. The number of nitrogens with zero attached hydrogens (tertiary/aromatic N) is 1. The molecule has 140 valence electrons. The highest BCUT2D eigenvalue weighted by Gasteiger charge is 2.36. The van der Waals surface area contributed by atoms with E-state index in [2.05, 4.69) is 0 Å². The standard InChI is InChI=1S/C21H12Cl3NO3/c22-17-9-10-18(23)19(24)16(17)11-28-13-7-5-12(6-8-13)25-20(26)14-3-1-2-4-15(14)21(25)27/h1-10H,11H2. The van der Waals surface area contributed by atoms with Crippen molar-refractivity contribution in [3.63, 3.8) is 0 Å². The first-order valence-corrected chi connectivity index (χ1v) is 9.44. The minimum atomic E-state index is -0.341. The molecule has 4 nitrogen and oxygen atoms in total. The molecule has 0 saturated heterocycles. The summed E-state index contributed by atoms with van der Waals surface area (Å²) in [5.74, 6) is -0.147. The molecule has 0 atom stereocenters. The van der Waals surface area contributed by atoms with Crippen LogP contribution in [0.2, 0.25) is 15.1 Å². The lowest BCUT2D eigenvalue weighted by Gasteiger charge is -2.15. The monoisotopic (exact) mass is 431 g/mol. The molecule has 0 unspecified atom stereocenters. The van der Waals surface area contributed by atoms with E-state index in [9.17, 15) is 9.59 Å². The summed E-state index contributed by atoms with van der Waals surface area (Å²) in [5, 5.41) is 1.19. The Kier molecular flexibility index (Phi) is 5.02. The van der Waals surface area contributed by atoms with Crippen LogP contribution in [-0.2, 0) is 6.61 Å². The van der Waals surface area contributed by atoms with E-state index in [0.29, 0.717) is 43.2 Å². The Labute approximate surface area is 176 Å². The fraction of sp³-hybridized carbons (Fsp3) is 0.0476. The number of fused-ring (bicyclic) bond motifs is 1. The van der Waals surface area contributed by atoms with Gasteiger partial charge in [0, 0.05) is 10.6 Å². The van der Waals surface area contributed by atoms with Gasteiger partial charge in [0.15, 0.2) is 0 Å². The Morgan fingerprint density at radius 3 is 1.93 bits per heavy atom. The van der Waals surface area contributed by atoms with E-state index in [-0.39, 0.29) is 18.4 Å². The zero-order valence-corrected chi connectivity index (χ0v) is 16.6. The second-order valence-electron chi connectivity index (χ2n) is 6.10. The number of ether oxygens (including phenoxy) is 1. The lowest BCUT2D eigenvalue weighted by atomic mass is 10.1. The molecule has 0 fully saturated rings. The van der Waals surface area contributed by atoms with Gasteiger partial charge < -0.3 is 4.74 Å². The van der Waals surface area contributed by atoms with Crippen LogP contribution in [0.25, 0.3) is 0 Å². The number of halogens is 3. The normalized spacial score (nSPS) is 13.0. The zero-order chi connectivity index (χ0) is 19.8. The molecule has 0 bridgehead atoms. The molecule has 4 rings (SSSR count). The van der Waals surface area contributed by atoms with Crippen molar-refractivity contribution in [2.75, 3.05) is 4.90 Å². The highest BCUT2D eigenvalue weighted by atomic mass is 35.5. The van der Waals surface area contributed by atoms with Crippen molar-refractivity contribution in [2.45, 2.75) is 6.61 Å². The van der Waals surface area contributed by atoms with Crippen LogP contribution in [0, 0.1) is 0 Å². The molecule has 0 N–H and O–H groups in total. The first-order chi connectivity index (χ1) is 13.5. The number of benzene rings is 3. The third-order valence-electron chi connectivity index (χ3n) is 4.41. The maximum Gasteiger partial charge on any atom is 0.266 e. The Morgan fingerprint density at radius 2 is 1.32 bits per heavy atom. The predicted molar refractivity (Wildman–Crippen MR) is 110 cm³/mol. The molecular weight excluding hydrogens is 421 g/mol. The minimum Gasteiger partial charge on any atom is -0.489 e. The summed E-state index contributed by atoms with van der Waals surface area (Å²) >= 11 is 18.3. The Morgan fingerprint density at radius 1 is 0.750 bits per heavy atom. The van der Waals surface area contributed by atoms with E-state index in [0.717, 1.165) is 4.90 Å². The number of rotatable bonds is 4. The van der Waals surface area contributed by atoms with Crippen molar-refractivity contribution in [3.05, 3.63) is 92.4 Å². The molecule has 3 aromatic rings. The second-order valence-corrected chi connectivity index (χ2v) is 7.29. The SMILES string of the molecule is O=C1c2ccccc2C(=O)N1c1ccc(OCc2c(Cl)ccc(Cl)c2Cl)cc1. The molecule has 0 saturated carbocycles. The largest absolute Gasteiger partial charge is 0.489 e. The molecule has 28 heavy (non-hydrogen) atoms. The molecule has 0 spiro atoms. The molecule has 2 amide bonds. The van der Waals surface area contributed by atoms with E-state index < -0.39 is 0 Å². The van der Waals surface area contributed by atoms with Gasteiger partial charge in [-0.3, -0.25) is 9.59 Å². The van der Waals surface area contributed by atoms with Gasteiger partial charge >= 0.3 is 0 Å². The molecule has 0 radical (unpaired) electrons. The van der Waals surface area contributed by atoms with Crippen LogP contribution in [0.5, 0.6) is 5.75 Å². The van der Waals surface area contributed by atoms with Crippen LogP contribution in [0.1, 0.15) is 26.3 Å². The van der Waals surface area contributed by atoms with Gasteiger partial charge in [0.25, 0.3) is 11.8 Å². The number of carbonyl (C=O) groups is 2. The Bertz CT molecular complexity index is 1060. The molecule has 7 heteroatoms. The van der Waals surface area contributed by atoms with Crippen molar-refractivity contribution >= 4 is 52.3 Å². The number of anilines is 1. The first-order valence-electron chi connectivity index (χ1n) is 8.30. The third-order valence-corrected chi connectivity index (χ3v) is 5.61. The maximum absolute atomic E-state index is 12.5. The topological polar surface area (TPSA) is 46.6 Å². The average molecular weight is 433 g/mol. The van der Waals surface area contributed by atoms with Crippen LogP contribution in [0.15, 0.2) is 60.7 Å². The first kappa shape index (κ1) is 18.8. The lowest BCUT2D eigenvalue weighted by molar-refractivity contribution is 0.0926. The number of carbonyl (C=O) groups excluding carboxylic acids is 2. The molecule has 0 aromatic heterocycles. The number of hydrogen-bond acceptors (Lipinski definition) is 3. The number of hydrogen-bond donors (Lipinski definition) is 0. The van der Waals surface area contributed by atoms with E-state index in [1.54, 1.807) is 60.7 Å². The van der Waals surface area contributed by atoms with Gasteiger partial charge in [-0.25, -0.2) is 4.90 Å². The summed E-state index contributed by atoms with van der Waals surface area (Å²) in [5.41, 5.74) is 1.86. The van der Waals surface area contributed by atoms with Crippen molar-refractivity contribution in [2.24, 2.45) is 0 Å². The molecule has 0 aliphatic carbocycles. The Balaban J connectivity index is 1.52. The van der Waals surface area contributed by atoms with E-state index in [1.165, 1.54) is 0 Å². The van der Waals surface area contributed by atoms with Crippen molar-refractivity contribution in [1.29, 1.82) is 0 Å². The van der Waals surface area contributed by atoms with Crippen LogP contribution >= 0.6 is 34.8 Å². The summed E-state index contributed by atoms with van der Waals surface area (Å²) in [7, 11) is 0. The van der Waals surface area contributed by atoms with Crippen LogP contribution in [0.3, 0.4) is 0 Å². The average Bonchev–Trinajstić information content (AvgIpc) is 2.96. The van der Waals surface area contributed by atoms with Gasteiger partial charge in [0.1, 0.15) is 12.4 Å². The van der Waals surface area contributed by atoms with Crippen LogP contribution < -0.4 is 9.64 Å². The van der Waals surface area contributed by atoms with Gasteiger partial charge in [-0.2, -0.15) is 0 Å². The summed E-state index contributed by atoms with van der Waals surface area (Å²) in [4.78, 5) is 26.2. The lowest BCUT2D eigenvalue weighted by Crippen LogP contribution is -2.29. The number of amides is 2. The smallest absolute Gasteiger partial charge is 0.266 e.